The Hall–Kier alpha value is -1.25. The van der Waals surface area contributed by atoms with Crippen molar-refractivity contribution in [1.82, 2.24) is 0 Å². The first kappa shape index (κ1) is 10.8. The number of ketones is 3. The fraction of sp³-hybridized carbons (Fsp3) is 0.545. The molecule has 0 bridgehead atoms. The van der Waals surface area contributed by atoms with Crippen LogP contribution in [-0.4, -0.2) is 17.3 Å². The van der Waals surface area contributed by atoms with Crippen molar-refractivity contribution in [2.24, 2.45) is 5.41 Å². The number of hydrogen-bond donors (Lipinski definition) is 0. The van der Waals surface area contributed by atoms with Crippen molar-refractivity contribution < 1.29 is 14.4 Å². The number of rotatable bonds is 4. The molecule has 14 heavy (non-hydrogen) atoms. The van der Waals surface area contributed by atoms with E-state index in [2.05, 4.69) is 0 Å². The molecule has 0 saturated heterocycles. The molecule has 0 radical (unpaired) electrons. The van der Waals surface area contributed by atoms with E-state index in [-0.39, 0.29) is 36.6 Å². The van der Waals surface area contributed by atoms with Crippen LogP contribution in [0.15, 0.2) is 12.2 Å². The Balaban J connectivity index is 3.15. The zero-order valence-corrected chi connectivity index (χ0v) is 8.50. The summed E-state index contributed by atoms with van der Waals surface area (Å²) in [7, 11) is 0. The summed E-state index contributed by atoms with van der Waals surface area (Å²) in [6.45, 7) is 3.35. The Morgan fingerprint density at radius 3 is 2.07 bits per heavy atom. The molecule has 3 heteroatoms. The predicted molar refractivity (Wildman–Crippen MR) is 51.8 cm³/mol. The minimum absolute atomic E-state index is 0.206. The highest BCUT2D eigenvalue weighted by molar-refractivity contribution is 6.27. The second-order valence-corrected chi connectivity index (χ2v) is 3.39. The molecule has 0 N–H and O–H groups in total. The summed E-state index contributed by atoms with van der Waals surface area (Å²) >= 11 is 0. The second-order valence-electron chi connectivity index (χ2n) is 3.39. The van der Waals surface area contributed by atoms with E-state index in [1.165, 1.54) is 6.08 Å². The molecule has 0 amide bonds. The van der Waals surface area contributed by atoms with Gasteiger partial charge in [0.1, 0.15) is 0 Å². The lowest BCUT2D eigenvalue weighted by Crippen LogP contribution is -2.42. The predicted octanol–water partition coefficient (Wildman–Crippen LogP) is 1.46. The molecular formula is C11H14O3. The van der Waals surface area contributed by atoms with Crippen LogP contribution in [0.3, 0.4) is 0 Å². The number of carbonyl (C=O) groups is 3. The molecule has 0 aromatic carbocycles. The molecule has 0 atom stereocenters. The topological polar surface area (TPSA) is 51.2 Å². The van der Waals surface area contributed by atoms with Crippen LogP contribution in [-0.2, 0) is 14.4 Å². The van der Waals surface area contributed by atoms with E-state index < -0.39 is 5.41 Å². The fourth-order valence-corrected chi connectivity index (χ4v) is 1.81. The molecule has 76 valence electrons. The van der Waals surface area contributed by atoms with Crippen molar-refractivity contribution in [1.29, 1.82) is 0 Å². The summed E-state index contributed by atoms with van der Waals surface area (Å²) in [6, 6.07) is 0. The van der Waals surface area contributed by atoms with Crippen LogP contribution in [0, 0.1) is 5.41 Å². The number of carbonyl (C=O) groups excluding carboxylic acids is 3. The zero-order valence-electron chi connectivity index (χ0n) is 8.50. The third kappa shape index (κ3) is 1.33. The summed E-state index contributed by atoms with van der Waals surface area (Å²) in [4.78, 5) is 34.9. The third-order valence-corrected chi connectivity index (χ3v) is 2.63. The standard InChI is InChI=1S/C11H14O3/c1-3-8(12)11(9(13)4-2)7-5-6-10(11)14/h5,7H,3-4,6H2,1-2H3. The van der Waals surface area contributed by atoms with Gasteiger partial charge in [-0.15, -0.1) is 0 Å². The number of allylic oxidation sites excluding steroid dienone is 2. The van der Waals surface area contributed by atoms with Gasteiger partial charge in [0.25, 0.3) is 0 Å². The molecule has 0 heterocycles. The third-order valence-electron chi connectivity index (χ3n) is 2.63. The van der Waals surface area contributed by atoms with Gasteiger partial charge in [0.15, 0.2) is 22.8 Å². The van der Waals surface area contributed by atoms with Crippen LogP contribution in [0.5, 0.6) is 0 Å². The summed E-state index contributed by atoms with van der Waals surface area (Å²) in [5, 5.41) is 0. The number of hydrogen-bond acceptors (Lipinski definition) is 3. The van der Waals surface area contributed by atoms with Crippen molar-refractivity contribution in [2.45, 2.75) is 33.1 Å². The zero-order chi connectivity index (χ0) is 10.8. The van der Waals surface area contributed by atoms with Crippen LogP contribution in [0.1, 0.15) is 33.1 Å². The van der Waals surface area contributed by atoms with E-state index in [1.54, 1.807) is 19.9 Å². The van der Waals surface area contributed by atoms with Crippen molar-refractivity contribution in [3.8, 4) is 0 Å². The van der Waals surface area contributed by atoms with E-state index in [0.717, 1.165) is 0 Å². The van der Waals surface area contributed by atoms with Gasteiger partial charge in [0, 0.05) is 19.3 Å². The largest absolute Gasteiger partial charge is 0.298 e. The lowest BCUT2D eigenvalue weighted by atomic mass is 9.76. The Kier molecular flexibility index (Phi) is 2.99. The van der Waals surface area contributed by atoms with Crippen LogP contribution in [0.25, 0.3) is 0 Å². The van der Waals surface area contributed by atoms with Crippen LogP contribution in [0.2, 0.25) is 0 Å². The van der Waals surface area contributed by atoms with Gasteiger partial charge >= 0.3 is 0 Å². The van der Waals surface area contributed by atoms with Crippen molar-refractivity contribution in [3.63, 3.8) is 0 Å². The first-order valence-electron chi connectivity index (χ1n) is 4.87. The van der Waals surface area contributed by atoms with E-state index in [1.807, 2.05) is 0 Å². The Morgan fingerprint density at radius 1 is 1.29 bits per heavy atom. The highest BCUT2D eigenvalue weighted by Crippen LogP contribution is 2.32. The van der Waals surface area contributed by atoms with Crippen LogP contribution in [0.4, 0.5) is 0 Å². The summed E-state index contributed by atoms with van der Waals surface area (Å²) < 4.78 is 0. The summed E-state index contributed by atoms with van der Waals surface area (Å²) in [5.74, 6) is -0.817. The summed E-state index contributed by atoms with van der Waals surface area (Å²) in [5.41, 5.74) is -1.43. The lowest BCUT2D eigenvalue weighted by molar-refractivity contribution is -0.144. The molecule has 0 spiro atoms. The fourth-order valence-electron chi connectivity index (χ4n) is 1.81. The minimum Gasteiger partial charge on any atom is -0.298 e. The molecule has 0 fully saturated rings. The SMILES string of the molecule is CCC(=O)C1(C(=O)CC)C=CCC1=O. The second kappa shape index (κ2) is 3.86. The van der Waals surface area contributed by atoms with Gasteiger partial charge in [-0.05, 0) is 0 Å². The summed E-state index contributed by atoms with van der Waals surface area (Å²) in [6.07, 6.45) is 3.75. The van der Waals surface area contributed by atoms with Crippen molar-refractivity contribution in [2.75, 3.05) is 0 Å². The van der Waals surface area contributed by atoms with Gasteiger partial charge < -0.3 is 0 Å². The molecule has 0 aromatic heterocycles. The maximum Gasteiger partial charge on any atom is 0.164 e. The van der Waals surface area contributed by atoms with E-state index in [9.17, 15) is 14.4 Å². The molecule has 3 nitrogen and oxygen atoms in total. The minimum atomic E-state index is -1.43. The van der Waals surface area contributed by atoms with Gasteiger partial charge in [-0.3, -0.25) is 14.4 Å². The van der Waals surface area contributed by atoms with E-state index in [4.69, 9.17) is 0 Å². The smallest absolute Gasteiger partial charge is 0.164 e. The molecule has 1 aliphatic carbocycles. The lowest BCUT2D eigenvalue weighted by Gasteiger charge is -2.21. The van der Waals surface area contributed by atoms with Gasteiger partial charge in [-0.25, -0.2) is 0 Å². The Morgan fingerprint density at radius 2 is 1.79 bits per heavy atom. The van der Waals surface area contributed by atoms with Gasteiger partial charge in [0.05, 0.1) is 0 Å². The first-order valence-corrected chi connectivity index (χ1v) is 4.87. The van der Waals surface area contributed by atoms with Crippen molar-refractivity contribution in [3.05, 3.63) is 12.2 Å². The van der Waals surface area contributed by atoms with Gasteiger partial charge in [-0.2, -0.15) is 0 Å². The maximum absolute atomic E-state index is 11.7. The molecule has 0 aromatic rings. The maximum atomic E-state index is 11.7. The Labute approximate surface area is 83.2 Å². The molecule has 0 aliphatic heterocycles. The highest BCUT2D eigenvalue weighted by Gasteiger charge is 2.49. The van der Waals surface area contributed by atoms with E-state index >= 15 is 0 Å². The van der Waals surface area contributed by atoms with Crippen LogP contribution < -0.4 is 0 Å². The quantitative estimate of drug-likeness (QED) is 0.503. The molecule has 0 unspecified atom stereocenters. The molecule has 1 rings (SSSR count). The molecular weight excluding hydrogens is 180 g/mol. The highest BCUT2D eigenvalue weighted by atomic mass is 16.2. The molecule has 1 aliphatic rings. The first-order chi connectivity index (χ1) is 6.59. The monoisotopic (exact) mass is 194 g/mol. The van der Waals surface area contributed by atoms with Crippen LogP contribution >= 0.6 is 0 Å². The Bertz CT molecular complexity index is 296. The molecule has 0 saturated carbocycles. The van der Waals surface area contributed by atoms with Gasteiger partial charge in [0.2, 0.25) is 0 Å². The normalized spacial score (nSPS) is 18.6. The van der Waals surface area contributed by atoms with E-state index in [0.29, 0.717) is 0 Å². The van der Waals surface area contributed by atoms with Gasteiger partial charge in [-0.1, -0.05) is 26.0 Å². The van der Waals surface area contributed by atoms with Crippen molar-refractivity contribution >= 4 is 17.3 Å². The average molecular weight is 194 g/mol. The average Bonchev–Trinajstić information content (AvgIpc) is 2.59. The number of Topliss-reactive ketones (excluding diaryl/α,β-unsaturated/α-hetero) is 3.